The van der Waals surface area contributed by atoms with Crippen molar-refractivity contribution in [3.8, 4) is 22.5 Å². The van der Waals surface area contributed by atoms with Crippen molar-refractivity contribution in [2.45, 2.75) is 6.92 Å². The zero-order valence-corrected chi connectivity index (χ0v) is 17.7. The van der Waals surface area contributed by atoms with Crippen molar-refractivity contribution in [2.24, 2.45) is 0 Å². The smallest absolute Gasteiger partial charge is 0.246 e. The number of nitrogens with one attached hydrogen (secondary N) is 2. The Hall–Kier alpha value is -3.70. The molecule has 154 valence electrons. The van der Waals surface area contributed by atoms with Crippen LogP contribution in [0, 0.1) is 6.92 Å². The Morgan fingerprint density at radius 3 is 2.13 bits per heavy atom. The first-order chi connectivity index (χ1) is 15.1. The average Bonchev–Trinajstić information content (AvgIpc) is 2.79. The van der Waals surface area contributed by atoms with Gasteiger partial charge in [-0.1, -0.05) is 72.3 Å². The molecule has 2 N–H and O–H groups in total. The predicted molar refractivity (Wildman–Crippen MR) is 126 cm³/mol. The molecule has 0 spiro atoms. The molecule has 31 heavy (non-hydrogen) atoms. The van der Waals surface area contributed by atoms with Crippen molar-refractivity contribution >= 4 is 29.1 Å². The Balaban J connectivity index is 1.60. The average molecular weight is 429 g/mol. The van der Waals surface area contributed by atoms with Crippen LogP contribution in [0.15, 0.2) is 84.9 Å². The summed E-state index contributed by atoms with van der Waals surface area (Å²) in [5, 5.41) is 6.61. The SMILES string of the molecule is Cc1ccccc1NCC(=O)Nc1nc(-c2ccccc2)cc(-c2ccc(Cl)cc2)n1. The van der Waals surface area contributed by atoms with E-state index in [-0.39, 0.29) is 18.4 Å². The number of nitrogens with zero attached hydrogens (tertiary/aromatic N) is 2. The van der Waals surface area contributed by atoms with Crippen LogP contribution in [0.1, 0.15) is 5.56 Å². The van der Waals surface area contributed by atoms with E-state index in [4.69, 9.17) is 11.6 Å². The molecule has 1 amide bonds. The number of aryl methyl sites for hydroxylation is 1. The molecule has 4 aromatic rings. The van der Waals surface area contributed by atoms with Gasteiger partial charge in [0, 0.05) is 21.8 Å². The Bertz CT molecular complexity index is 1190. The second-order valence-electron chi connectivity index (χ2n) is 7.05. The summed E-state index contributed by atoms with van der Waals surface area (Å²) in [4.78, 5) is 21.7. The first-order valence-electron chi connectivity index (χ1n) is 9.88. The predicted octanol–water partition coefficient (Wildman–Crippen LogP) is 5.82. The summed E-state index contributed by atoms with van der Waals surface area (Å²) in [7, 11) is 0. The van der Waals surface area contributed by atoms with E-state index in [9.17, 15) is 4.79 Å². The molecule has 1 aromatic heterocycles. The lowest BCUT2D eigenvalue weighted by Crippen LogP contribution is -2.23. The maximum Gasteiger partial charge on any atom is 0.246 e. The van der Waals surface area contributed by atoms with Gasteiger partial charge in [-0.3, -0.25) is 10.1 Å². The van der Waals surface area contributed by atoms with Gasteiger partial charge in [0.05, 0.1) is 17.9 Å². The summed E-state index contributed by atoms with van der Waals surface area (Å²) in [5.74, 6) is 0.0263. The summed E-state index contributed by atoms with van der Waals surface area (Å²) in [6.45, 7) is 2.10. The molecule has 1 heterocycles. The molecule has 0 fully saturated rings. The van der Waals surface area contributed by atoms with E-state index < -0.39 is 0 Å². The van der Waals surface area contributed by atoms with Crippen LogP contribution in [0.2, 0.25) is 5.02 Å². The normalized spacial score (nSPS) is 10.5. The van der Waals surface area contributed by atoms with Gasteiger partial charge >= 0.3 is 0 Å². The Morgan fingerprint density at radius 2 is 1.45 bits per heavy atom. The molecule has 0 bridgehead atoms. The zero-order valence-electron chi connectivity index (χ0n) is 17.0. The van der Waals surface area contributed by atoms with Gasteiger partial charge in [-0.15, -0.1) is 0 Å². The van der Waals surface area contributed by atoms with Crippen molar-refractivity contribution in [3.05, 3.63) is 95.5 Å². The molecule has 0 unspecified atom stereocenters. The number of halogens is 1. The molecular weight excluding hydrogens is 408 g/mol. The van der Waals surface area contributed by atoms with Gasteiger partial charge in [-0.2, -0.15) is 0 Å². The third kappa shape index (κ3) is 5.27. The van der Waals surface area contributed by atoms with Gasteiger partial charge in [-0.25, -0.2) is 9.97 Å². The number of carbonyl (C=O) groups is 1. The highest BCUT2D eigenvalue weighted by atomic mass is 35.5. The topological polar surface area (TPSA) is 66.9 Å². The molecule has 0 aliphatic rings. The molecule has 3 aromatic carbocycles. The van der Waals surface area contributed by atoms with Crippen molar-refractivity contribution in [1.29, 1.82) is 0 Å². The fraction of sp³-hybridized carbons (Fsp3) is 0.0800. The molecule has 0 aliphatic heterocycles. The van der Waals surface area contributed by atoms with Gasteiger partial charge in [-0.05, 0) is 36.8 Å². The summed E-state index contributed by atoms with van der Waals surface area (Å²) in [6.07, 6.45) is 0. The first-order valence-corrected chi connectivity index (χ1v) is 10.3. The van der Waals surface area contributed by atoms with Crippen LogP contribution in [0.3, 0.4) is 0 Å². The van der Waals surface area contributed by atoms with Gasteiger partial charge in [0.25, 0.3) is 0 Å². The Labute approximate surface area is 186 Å². The summed E-state index contributed by atoms with van der Waals surface area (Å²) in [6, 6.07) is 26.9. The van der Waals surface area contributed by atoms with Crippen LogP contribution < -0.4 is 10.6 Å². The lowest BCUT2D eigenvalue weighted by atomic mass is 10.1. The lowest BCUT2D eigenvalue weighted by molar-refractivity contribution is -0.114. The molecule has 0 saturated heterocycles. The van der Waals surface area contributed by atoms with Gasteiger partial charge in [0.2, 0.25) is 11.9 Å². The van der Waals surface area contributed by atoms with Crippen molar-refractivity contribution < 1.29 is 4.79 Å². The van der Waals surface area contributed by atoms with E-state index in [2.05, 4.69) is 20.6 Å². The number of hydrogen-bond donors (Lipinski definition) is 2. The van der Waals surface area contributed by atoms with E-state index in [0.717, 1.165) is 28.1 Å². The molecule has 5 nitrogen and oxygen atoms in total. The molecular formula is C25H21ClN4O. The minimum absolute atomic E-state index is 0.111. The fourth-order valence-electron chi connectivity index (χ4n) is 3.14. The molecule has 0 saturated carbocycles. The zero-order chi connectivity index (χ0) is 21.6. The standard InChI is InChI=1S/C25H21ClN4O/c1-17-7-5-6-10-21(17)27-16-24(31)30-25-28-22(18-8-3-2-4-9-18)15-23(29-25)19-11-13-20(26)14-12-19/h2-15,27H,16H2,1H3,(H,28,29,30,31). The maximum atomic E-state index is 12.6. The van der Waals surface area contributed by atoms with Crippen LogP contribution in [0.5, 0.6) is 0 Å². The van der Waals surface area contributed by atoms with Crippen LogP contribution in [0.4, 0.5) is 11.6 Å². The van der Waals surface area contributed by atoms with Gasteiger partial charge in [0.15, 0.2) is 0 Å². The molecule has 0 aliphatic carbocycles. The van der Waals surface area contributed by atoms with Crippen molar-refractivity contribution in [3.63, 3.8) is 0 Å². The van der Waals surface area contributed by atoms with Crippen LogP contribution >= 0.6 is 11.6 Å². The number of hydrogen-bond acceptors (Lipinski definition) is 4. The van der Waals surface area contributed by atoms with Crippen LogP contribution in [-0.2, 0) is 4.79 Å². The van der Waals surface area contributed by atoms with Crippen molar-refractivity contribution in [1.82, 2.24) is 9.97 Å². The van der Waals surface area contributed by atoms with E-state index in [0.29, 0.717) is 10.7 Å². The van der Waals surface area contributed by atoms with Crippen LogP contribution in [-0.4, -0.2) is 22.4 Å². The molecule has 0 radical (unpaired) electrons. The highest BCUT2D eigenvalue weighted by Crippen LogP contribution is 2.26. The second-order valence-corrected chi connectivity index (χ2v) is 7.49. The number of amides is 1. The summed E-state index contributed by atoms with van der Waals surface area (Å²) >= 11 is 6.03. The monoisotopic (exact) mass is 428 g/mol. The highest BCUT2D eigenvalue weighted by Gasteiger charge is 2.11. The van der Waals surface area contributed by atoms with E-state index in [1.807, 2.05) is 91.9 Å². The van der Waals surface area contributed by atoms with Gasteiger partial charge in [0.1, 0.15) is 0 Å². The summed E-state index contributed by atoms with van der Waals surface area (Å²) < 4.78 is 0. The maximum absolute atomic E-state index is 12.6. The quantitative estimate of drug-likeness (QED) is 0.406. The summed E-state index contributed by atoms with van der Waals surface area (Å²) in [5.41, 5.74) is 5.24. The van der Waals surface area contributed by atoms with Crippen LogP contribution in [0.25, 0.3) is 22.5 Å². The molecule has 6 heteroatoms. The molecule has 4 rings (SSSR count). The number of benzene rings is 3. The number of anilines is 2. The minimum Gasteiger partial charge on any atom is -0.376 e. The Kier molecular flexibility index (Phi) is 6.24. The second kappa shape index (κ2) is 9.41. The minimum atomic E-state index is -0.226. The third-order valence-corrected chi connectivity index (χ3v) is 5.02. The van der Waals surface area contributed by atoms with Crippen molar-refractivity contribution in [2.75, 3.05) is 17.2 Å². The fourth-order valence-corrected chi connectivity index (χ4v) is 3.27. The number of para-hydroxylation sites is 1. The highest BCUT2D eigenvalue weighted by molar-refractivity contribution is 6.30. The van der Waals surface area contributed by atoms with E-state index in [1.54, 1.807) is 0 Å². The Morgan fingerprint density at radius 1 is 0.839 bits per heavy atom. The number of rotatable bonds is 6. The number of carbonyl (C=O) groups excluding carboxylic acids is 1. The third-order valence-electron chi connectivity index (χ3n) is 4.77. The van der Waals surface area contributed by atoms with E-state index in [1.165, 1.54) is 0 Å². The molecule has 0 atom stereocenters. The first kappa shape index (κ1) is 20.6. The van der Waals surface area contributed by atoms with E-state index >= 15 is 0 Å². The van der Waals surface area contributed by atoms with Gasteiger partial charge < -0.3 is 5.32 Å². The lowest BCUT2D eigenvalue weighted by Gasteiger charge is -2.11. The number of aromatic nitrogens is 2. The largest absolute Gasteiger partial charge is 0.376 e.